The molecule has 1 aromatic rings. The molecule has 1 atom stereocenters. The predicted octanol–water partition coefficient (Wildman–Crippen LogP) is 0.782. The summed E-state index contributed by atoms with van der Waals surface area (Å²) in [4.78, 5) is 24.0. The van der Waals surface area contributed by atoms with Crippen LogP contribution in [0.25, 0.3) is 0 Å². The fraction of sp³-hybridized carbons (Fsp3) is 0.333. The van der Waals surface area contributed by atoms with Gasteiger partial charge in [0.25, 0.3) is 5.91 Å². The van der Waals surface area contributed by atoms with Gasteiger partial charge < -0.3 is 10.0 Å². The minimum absolute atomic E-state index is 0.0121. The van der Waals surface area contributed by atoms with Crippen LogP contribution in [0.2, 0.25) is 0 Å². The Bertz CT molecular complexity index is 752. The lowest BCUT2D eigenvalue weighted by atomic mass is 10.1. The molecular weight excluding hydrogens is 383 g/mol. The van der Waals surface area contributed by atoms with Crippen molar-refractivity contribution in [2.24, 2.45) is 11.1 Å². The quantitative estimate of drug-likeness (QED) is 0.785. The van der Waals surface area contributed by atoms with Crippen LogP contribution in [0.1, 0.15) is 16.8 Å². The minimum atomic E-state index is -4.21. The number of aliphatic carboxylic acids is 1. The maximum absolute atomic E-state index is 13.6. The van der Waals surface area contributed by atoms with E-state index in [1.807, 2.05) is 0 Å². The third-order valence-electron chi connectivity index (χ3n) is 3.37. The average molecular weight is 395 g/mol. The Labute approximate surface area is 134 Å². The molecule has 1 amide bonds. The van der Waals surface area contributed by atoms with Crippen LogP contribution in [0, 0.1) is 11.7 Å². The van der Waals surface area contributed by atoms with E-state index in [-0.39, 0.29) is 29.5 Å². The Balaban J connectivity index is 2.39. The van der Waals surface area contributed by atoms with Crippen molar-refractivity contribution >= 4 is 37.8 Å². The number of benzene rings is 1. The van der Waals surface area contributed by atoms with Crippen LogP contribution in [-0.2, 0) is 14.8 Å². The van der Waals surface area contributed by atoms with Crippen molar-refractivity contribution in [1.82, 2.24) is 4.90 Å². The van der Waals surface area contributed by atoms with Gasteiger partial charge in [0.15, 0.2) is 0 Å². The molecule has 1 aromatic carbocycles. The molecule has 0 radical (unpaired) electrons. The van der Waals surface area contributed by atoms with E-state index in [9.17, 15) is 22.4 Å². The van der Waals surface area contributed by atoms with E-state index in [0.717, 1.165) is 6.07 Å². The first-order valence-corrected chi connectivity index (χ1v) is 8.49. The van der Waals surface area contributed by atoms with Gasteiger partial charge in [0.2, 0.25) is 10.0 Å². The monoisotopic (exact) mass is 394 g/mol. The normalized spacial score (nSPS) is 18.5. The zero-order valence-corrected chi connectivity index (χ0v) is 13.5. The second-order valence-electron chi connectivity index (χ2n) is 4.89. The highest BCUT2D eigenvalue weighted by Crippen LogP contribution is 2.29. The molecule has 2 rings (SSSR count). The van der Waals surface area contributed by atoms with E-state index in [1.54, 1.807) is 0 Å². The lowest BCUT2D eigenvalue weighted by molar-refractivity contribution is -0.141. The first kappa shape index (κ1) is 16.8. The molecular formula is C12H12BrFN2O5S. The van der Waals surface area contributed by atoms with Crippen LogP contribution < -0.4 is 5.14 Å². The summed E-state index contributed by atoms with van der Waals surface area (Å²) in [5.74, 6) is -3.28. The van der Waals surface area contributed by atoms with Crippen LogP contribution in [0.3, 0.4) is 0 Å². The molecule has 0 bridgehead atoms. The molecule has 1 heterocycles. The number of carboxylic acid groups (broad SMARTS) is 1. The van der Waals surface area contributed by atoms with Gasteiger partial charge in [-0.3, -0.25) is 9.59 Å². The largest absolute Gasteiger partial charge is 0.481 e. The van der Waals surface area contributed by atoms with Crippen molar-refractivity contribution in [2.75, 3.05) is 13.1 Å². The number of primary sulfonamides is 1. The number of amides is 1. The van der Waals surface area contributed by atoms with E-state index in [1.165, 1.54) is 4.90 Å². The highest BCUT2D eigenvalue weighted by atomic mass is 79.9. The molecule has 0 spiro atoms. The number of hydrogen-bond donors (Lipinski definition) is 2. The molecule has 1 aliphatic heterocycles. The summed E-state index contributed by atoms with van der Waals surface area (Å²) in [6.07, 6.45) is 0.288. The number of likely N-dealkylation sites (tertiary alicyclic amines) is 1. The van der Waals surface area contributed by atoms with E-state index in [0.29, 0.717) is 6.07 Å². The maximum Gasteiger partial charge on any atom is 0.308 e. The van der Waals surface area contributed by atoms with Crippen molar-refractivity contribution in [3.8, 4) is 0 Å². The molecule has 0 aromatic heterocycles. The molecule has 3 N–H and O–H groups in total. The SMILES string of the molecule is NS(=O)(=O)c1cc(F)cc(C(=O)N2CCC(C(=O)O)C2)c1Br. The van der Waals surface area contributed by atoms with Crippen molar-refractivity contribution in [3.63, 3.8) is 0 Å². The average Bonchev–Trinajstić information content (AvgIpc) is 2.88. The number of rotatable bonds is 3. The number of carboxylic acids is 1. The van der Waals surface area contributed by atoms with Gasteiger partial charge in [-0.1, -0.05) is 0 Å². The third kappa shape index (κ3) is 3.28. The smallest absolute Gasteiger partial charge is 0.308 e. The van der Waals surface area contributed by atoms with E-state index >= 15 is 0 Å². The summed E-state index contributed by atoms with van der Waals surface area (Å²) in [7, 11) is -4.21. The van der Waals surface area contributed by atoms with Gasteiger partial charge in [-0.25, -0.2) is 17.9 Å². The van der Waals surface area contributed by atoms with Gasteiger partial charge >= 0.3 is 5.97 Å². The zero-order chi connectivity index (χ0) is 16.7. The topological polar surface area (TPSA) is 118 Å². The van der Waals surface area contributed by atoms with Gasteiger partial charge in [-0.05, 0) is 34.5 Å². The van der Waals surface area contributed by atoms with Crippen molar-refractivity contribution in [3.05, 3.63) is 28.0 Å². The Morgan fingerprint density at radius 3 is 2.55 bits per heavy atom. The van der Waals surface area contributed by atoms with Crippen LogP contribution in [0.15, 0.2) is 21.5 Å². The Morgan fingerprint density at radius 1 is 1.41 bits per heavy atom. The molecule has 0 aliphatic carbocycles. The summed E-state index contributed by atoms with van der Waals surface area (Å²) in [6, 6.07) is 1.59. The fourth-order valence-corrected chi connectivity index (χ4v) is 3.96. The molecule has 1 fully saturated rings. The van der Waals surface area contributed by atoms with Gasteiger partial charge in [0.1, 0.15) is 5.82 Å². The number of halogens is 2. The van der Waals surface area contributed by atoms with E-state index in [4.69, 9.17) is 10.2 Å². The second kappa shape index (κ2) is 5.94. The fourth-order valence-electron chi connectivity index (χ4n) is 2.24. The van der Waals surface area contributed by atoms with Gasteiger partial charge in [0, 0.05) is 13.1 Å². The molecule has 1 aliphatic rings. The first-order chi connectivity index (χ1) is 10.1. The molecule has 7 nitrogen and oxygen atoms in total. The summed E-state index contributed by atoms with van der Waals surface area (Å²) in [5.41, 5.74) is -0.213. The lowest BCUT2D eigenvalue weighted by Gasteiger charge is -2.17. The van der Waals surface area contributed by atoms with Gasteiger partial charge in [0.05, 0.1) is 20.8 Å². The summed E-state index contributed by atoms with van der Waals surface area (Å²) < 4.78 is 36.3. The maximum atomic E-state index is 13.6. The number of sulfonamides is 1. The molecule has 1 saturated heterocycles. The number of nitrogens with zero attached hydrogens (tertiary/aromatic N) is 1. The highest BCUT2D eigenvalue weighted by molar-refractivity contribution is 9.10. The molecule has 22 heavy (non-hydrogen) atoms. The predicted molar refractivity (Wildman–Crippen MR) is 77.1 cm³/mol. The van der Waals surface area contributed by atoms with E-state index < -0.39 is 38.5 Å². The van der Waals surface area contributed by atoms with Crippen molar-refractivity contribution in [1.29, 1.82) is 0 Å². The molecule has 120 valence electrons. The molecule has 0 saturated carbocycles. The van der Waals surface area contributed by atoms with Gasteiger partial charge in [-0.15, -0.1) is 0 Å². The summed E-state index contributed by atoms with van der Waals surface area (Å²) in [5, 5.41) is 13.9. The molecule has 1 unspecified atom stereocenters. The summed E-state index contributed by atoms with van der Waals surface area (Å²) >= 11 is 2.95. The first-order valence-electron chi connectivity index (χ1n) is 6.15. The standard InChI is InChI=1S/C12H12BrFN2O5S/c13-10-8(3-7(14)4-9(10)22(15,20)21)11(17)16-2-1-6(5-16)12(18)19/h3-4,6H,1-2,5H2,(H,18,19)(H2,15,20,21). The Morgan fingerprint density at radius 2 is 2.05 bits per heavy atom. The number of carbonyl (C=O) groups is 2. The number of carbonyl (C=O) groups excluding carboxylic acids is 1. The Kier molecular flexibility index (Phi) is 4.54. The van der Waals surface area contributed by atoms with Crippen molar-refractivity contribution in [2.45, 2.75) is 11.3 Å². The third-order valence-corrected chi connectivity index (χ3v) is 5.42. The van der Waals surface area contributed by atoms with Crippen LogP contribution in [-0.4, -0.2) is 43.4 Å². The summed E-state index contributed by atoms with van der Waals surface area (Å²) in [6.45, 7) is 0.186. The number of hydrogen-bond acceptors (Lipinski definition) is 4. The highest BCUT2D eigenvalue weighted by Gasteiger charge is 2.33. The zero-order valence-electron chi connectivity index (χ0n) is 11.1. The minimum Gasteiger partial charge on any atom is -0.481 e. The van der Waals surface area contributed by atoms with Gasteiger partial charge in [-0.2, -0.15) is 0 Å². The second-order valence-corrected chi connectivity index (χ2v) is 7.21. The Hall–Kier alpha value is -1.52. The molecule has 10 heteroatoms. The number of nitrogens with two attached hydrogens (primary N) is 1. The van der Waals surface area contributed by atoms with Crippen molar-refractivity contribution < 1.29 is 27.5 Å². The van der Waals surface area contributed by atoms with Crippen LogP contribution >= 0.6 is 15.9 Å². The van der Waals surface area contributed by atoms with E-state index in [2.05, 4.69) is 15.9 Å². The van der Waals surface area contributed by atoms with Crippen LogP contribution in [0.4, 0.5) is 4.39 Å². The lowest BCUT2D eigenvalue weighted by Crippen LogP contribution is -2.30. The van der Waals surface area contributed by atoms with Crippen LogP contribution in [0.5, 0.6) is 0 Å².